The van der Waals surface area contributed by atoms with E-state index in [9.17, 15) is 5.11 Å². The Labute approximate surface area is 92.1 Å². The average Bonchev–Trinajstić information content (AvgIpc) is 2.41. The summed E-state index contributed by atoms with van der Waals surface area (Å²) in [5.74, 6) is 0.373. The molecule has 0 bridgehead atoms. The van der Waals surface area contributed by atoms with Gasteiger partial charge in [-0.05, 0) is 40.5 Å². The van der Waals surface area contributed by atoms with Gasteiger partial charge in [-0.25, -0.2) is 0 Å². The van der Waals surface area contributed by atoms with Gasteiger partial charge in [0.25, 0.3) is 0 Å². The molecular weight excluding hydrogens is 188 g/mol. The summed E-state index contributed by atoms with van der Waals surface area (Å²) in [6.07, 6.45) is 3.07. The highest BCUT2D eigenvalue weighted by molar-refractivity contribution is 5.32. The van der Waals surface area contributed by atoms with E-state index in [-0.39, 0.29) is 5.54 Å². The van der Waals surface area contributed by atoms with Crippen LogP contribution in [0.1, 0.15) is 51.9 Å². The molecule has 1 heterocycles. The maximum atomic E-state index is 9.93. The van der Waals surface area contributed by atoms with E-state index >= 15 is 0 Å². The van der Waals surface area contributed by atoms with E-state index in [2.05, 4.69) is 32.8 Å². The van der Waals surface area contributed by atoms with Gasteiger partial charge in [0.1, 0.15) is 5.69 Å². The van der Waals surface area contributed by atoms with Crippen molar-refractivity contribution in [1.29, 1.82) is 0 Å². The van der Waals surface area contributed by atoms with E-state index in [0.717, 1.165) is 30.7 Å². The zero-order valence-corrected chi connectivity index (χ0v) is 10.5. The highest BCUT2D eigenvalue weighted by Gasteiger charge is 2.21. The highest BCUT2D eigenvalue weighted by atomic mass is 16.3. The predicted molar refractivity (Wildman–Crippen MR) is 62.2 cm³/mol. The molecule has 0 aliphatic carbocycles. The molecule has 1 aromatic rings. The molecule has 3 nitrogen and oxygen atoms in total. The summed E-state index contributed by atoms with van der Waals surface area (Å²) in [4.78, 5) is 0. The topological polar surface area (TPSA) is 38.0 Å². The van der Waals surface area contributed by atoms with E-state index in [1.165, 1.54) is 0 Å². The van der Waals surface area contributed by atoms with Crippen molar-refractivity contribution < 1.29 is 5.11 Å². The molecule has 3 heteroatoms. The standard InChI is InChI=1S/C12H22N2O/c1-6-7-8-10-11(15)9(2)14(13-10)12(3,4)5/h15H,6-8H2,1-5H3. The minimum absolute atomic E-state index is 0.0635. The van der Waals surface area contributed by atoms with Crippen molar-refractivity contribution in [1.82, 2.24) is 9.78 Å². The van der Waals surface area contributed by atoms with Crippen LogP contribution in [0.5, 0.6) is 5.75 Å². The number of hydrogen-bond donors (Lipinski definition) is 1. The second-order valence-electron chi connectivity index (χ2n) is 5.07. The van der Waals surface area contributed by atoms with Crippen LogP contribution in [0.25, 0.3) is 0 Å². The summed E-state index contributed by atoms with van der Waals surface area (Å²) in [7, 11) is 0. The van der Waals surface area contributed by atoms with Gasteiger partial charge in [-0.2, -0.15) is 5.10 Å². The Morgan fingerprint density at radius 1 is 1.33 bits per heavy atom. The number of nitrogens with zero attached hydrogens (tertiary/aromatic N) is 2. The molecule has 86 valence electrons. The molecule has 1 N–H and O–H groups in total. The van der Waals surface area contributed by atoms with Gasteiger partial charge in [-0.3, -0.25) is 4.68 Å². The summed E-state index contributed by atoms with van der Waals surface area (Å²) in [6.45, 7) is 10.3. The fraction of sp³-hybridized carbons (Fsp3) is 0.750. The van der Waals surface area contributed by atoms with Gasteiger partial charge in [0.2, 0.25) is 0 Å². The Morgan fingerprint density at radius 2 is 1.93 bits per heavy atom. The van der Waals surface area contributed by atoms with Crippen LogP contribution >= 0.6 is 0 Å². The van der Waals surface area contributed by atoms with Crippen LogP contribution in [0.3, 0.4) is 0 Å². The Hall–Kier alpha value is -0.990. The van der Waals surface area contributed by atoms with Crippen LogP contribution in [-0.4, -0.2) is 14.9 Å². The van der Waals surface area contributed by atoms with E-state index in [0.29, 0.717) is 5.75 Å². The summed E-state index contributed by atoms with van der Waals surface area (Å²) in [5.41, 5.74) is 1.64. The van der Waals surface area contributed by atoms with Gasteiger partial charge < -0.3 is 5.11 Å². The van der Waals surface area contributed by atoms with Crippen molar-refractivity contribution in [3.63, 3.8) is 0 Å². The van der Waals surface area contributed by atoms with Crippen LogP contribution in [0, 0.1) is 6.92 Å². The van der Waals surface area contributed by atoms with E-state index < -0.39 is 0 Å². The van der Waals surface area contributed by atoms with Gasteiger partial charge >= 0.3 is 0 Å². The third-order valence-electron chi connectivity index (χ3n) is 2.56. The van der Waals surface area contributed by atoms with Gasteiger partial charge in [-0.15, -0.1) is 0 Å². The van der Waals surface area contributed by atoms with Crippen molar-refractivity contribution in [2.75, 3.05) is 0 Å². The molecule has 0 unspecified atom stereocenters. The van der Waals surface area contributed by atoms with Crippen LogP contribution < -0.4 is 0 Å². The Kier molecular flexibility index (Phi) is 3.42. The van der Waals surface area contributed by atoms with Crippen LogP contribution in [0.2, 0.25) is 0 Å². The number of rotatable bonds is 3. The molecule has 0 saturated heterocycles. The number of aryl methyl sites for hydroxylation is 1. The molecule has 0 aliphatic heterocycles. The number of aromatic hydroxyl groups is 1. The Bertz CT molecular complexity index is 334. The third-order valence-corrected chi connectivity index (χ3v) is 2.56. The molecule has 0 aromatic carbocycles. The molecule has 0 fully saturated rings. The number of hydrogen-bond acceptors (Lipinski definition) is 2. The van der Waals surface area contributed by atoms with Crippen molar-refractivity contribution >= 4 is 0 Å². The smallest absolute Gasteiger partial charge is 0.159 e. The first-order chi connectivity index (χ1) is 6.88. The Balaban J connectivity index is 3.02. The molecule has 0 saturated carbocycles. The molecule has 1 rings (SSSR count). The second-order valence-corrected chi connectivity index (χ2v) is 5.07. The lowest BCUT2D eigenvalue weighted by molar-refractivity contribution is 0.343. The number of aromatic nitrogens is 2. The SMILES string of the molecule is CCCCc1nn(C(C)(C)C)c(C)c1O. The van der Waals surface area contributed by atoms with Gasteiger partial charge in [-0.1, -0.05) is 13.3 Å². The van der Waals surface area contributed by atoms with Crippen molar-refractivity contribution in [3.8, 4) is 5.75 Å². The van der Waals surface area contributed by atoms with Crippen LogP contribution in [-0.2, 0) is 12.0 Å². The molecule has 0 amide bonds. The van der Waals surface area contributed by atoms with Crippen molar-refractivity contribution in [2.45, 2.75) is 59.4 Å². The lowest BCUT2D eigenvalue weighted by Gasteiger charge is -2.20. The van der Waals surface area contributed by atoms with Gasteiger partial charge in [0.05, 0.1) is 11.2 Å². The molecule has 0 radical (unpaired) electrons. The molecule has 0 aliphatic rings. The fourth-order valence-electron chi connectivity index (χ4n) is 1.72. The van der Waals surface area contributed by atoms with Crippen LogP contribution in [0.4, 0.5) is 0 Å². The first-order valence-corrected chi connectivity index (χ1v) is 5.66. The maximum Gasteiger partial charge on any atom is 0.159 e. The minimum atomic E-state index is -0.0635. The van der Waals surface area contributed by atoms with E-state index in [4.69, 9.17) is 0 Å². The Morgan fingerprint density at radius 3 is 2.33 bits per heavy atom. The normalized spacial score (nSPS) is 12.1. The lowest BCUT2D eigenvalue weighted by atomic mass is 10.1. The van der Waals surface area contributed by atoms with E-state index in [1.807, 2.05) is 11.6 Å². The lowest BCUT2D eigenvalue weighted by Crippen LogP contribution is -2.24. The molecule has 1 aromatic heterocycles. The van der Waals surface area contributed by atoms with Crippen LogP contribution in [0.15, 0.2) is 0 Å². The van der Waals surface area contributed by atoms with Gasteiger partial charge in [0.15, 0.2) is 5.75 Å². The first kappa shape index (κ1) is 12.1. The quantitative estimate of drug-likeness (QED) is 0.832. The summed E-state index contributed by atoms with van der Waals surface area (Å²) in [5, 5.41) is 14.4. The van der Waals surface area contributed by atoms with Crippen molar-refractivity contribution in [2.24, 2.45) is 0 Å². The molecule has 0 atom stereocenters. The average molecular weight is 210 g/mol. The predicted octanol–water partition coefficient (Wildman–Crippen LogP) is 2.99. The summed E-state index contributed by atoms with van der Waals surface area (Å²) < 4.78 is 1.91. The zero-order chi connectivity index (χ0) is 11.6. The first-order valence-electron chi connectivity index (χ1n) is 5.66. The maximum absolute atomic E-state index is 9.93. The van der Waals surface area contributed by atoms with Crippen molar-refractivity contribution in [3.05, 3.63) is 11.4 Å². The monoisotopic (exact) mass is 210 g/mol. The summed E-state index contributed by atoms with van der Waals surface area (Å²) >= 11 is 0. The largest absolute Gasteiger partial charge is 0.504 e. The van der Waals surface area contributed by atoms with Gasteiger partial charge in [0, 0.05) is 0 Å². The summed E-state index contributed by atoms with van der Waals surface area (Å²) in [6, 6.07) is 0. The molecule has 15 heavy (non-hydrogen) atoms. The zero-order valence-electron chi connectivity index (χ0n) is 10.5. The second kappa shape index (κ2) is 4.25. The third kappa shape index (κ3) is 2.52. The minimum Gasteiger partial charge on any atom is -0.504 e. The molecule has 0 spiro atoms. The number of unbranched alkanes of at least 4 members (excludes halogenated alkanes) is 1. The highest BCUT2D eigenvalue weighted by Crippen LogP contribution is 2.27. The molecular formula is C12H22N2O. The van der Waals surface area contributed by atoms with E-state index in [1.54, 1.807) is 0 Å². The fourth-order valence-corrected chi connectivity index (χ4v) is 1.72.